The van der Waals surface area contributed by atoms with Crippen LogP contribution in [0.25, 0.3) is 0 Å². The second kappa shape index (κ2) is 5.39. The first kappa shape index (κ1) is 13.9. The van der Waals surface area contributed by atoms with Crippen LogP contribution in [0.1, 0.15) is 22.8 Å². The zero-order chi connectivity index (χ0) is 15.0. The summed E-state index contributed by atoms with van der Waals surface area (Å²) in [7, 11) is 0. The molecule has 1 unspecified atom stereocenters. The average Bonchev–Trinajstić information content (AvgIpc) is 2.46. The van der Waals surface area contributed by atoms with Gasteiger partial charge in [-0.05, 0) is 47.9 Å². The molecule has 4 nitrogen and oxygen atoms in total. The molecule has 0 saturated carbocycles. The van der Waals surface area contributed by atoms with Crippen molar-refractivity contribution in [2.24, 2.45) is 0 Å². The molecule has 0 bridgehead atoms. The molecule has 2 aromatic carbocycles. The molecule has 108 valence electrons. The highest BCUT2D eigenvalue weighted by Crippen LogP contribution is 2.33. The maximum atomic E-state index is 11.4. The summed E-state index contributed by atoms with van der Waals surface area (Å²) in [5.41, 5.74) is 2.95. The molecule has 0 saturated heterocycles. The number of halogens is 1. The Labute approximate surface area is 127 Å². The Balaban J connectivity index is 1.96. The van der Waals surface area contributed by atoms with Gasteiger partial charge in [0, 0.05) is 5.02 Å². The third kappa shape index (κ3) is 2.73. The summed E-state index contributed by atoms with van der Waals surface area (Å²) >= 11 is 5.93. The Hall–Kier alpha value is -2.04. The summed E-state index contributed by atoms with van der Waals surface area (Å²) < 4.78 is 5.30. The van der Waals surface area contributed by atoms with Crippen LogP contribution in [0.15, 0.2) is 36.4 Å². The number of hydrogen-bond acceptors (Lipinski definition) is 3. The lowest BCUT2D eigenvalue weighted by Crippen LogP contribution is -2.25. The molecular weight excluding hydrogens is 290 g/mol. The predicted octanol–water partition coefficient (Wildman–Crippen LogP) is 3.06. The Bertz CT molecular complexity index is 715. The number of ether oxygens (including phenoxy) is 1. The summed E-state index contributed by atoms with van der Waals surface area (Å²) in [5, 5.41) is 13.9. The number of fused-ring (bicyclic) bond motifs is 1. The number of benzene rings is 2. The molecule has 3 rings (SSSR count). The number of carbonyl (C=O) groups excluding carboxylic acids is 1. The number of rotatable bonds is 2. The Morgan fingerprint density at radius 2 is 2.10 bits per heavy atom. The van der Waals surface area contributed by atoms with Crippen molar-refractivity contribution in [3.8, 4) is 5.75 Å². The van der Waals surface area contributed by atoms with Crippen molar-refractivity contribution >= 4 is 23.2 Å². The second-order valence-corrected chi connectivity index (χ2v) is 5.43. The summed E-state index contributed by atoms with van der Waals surface area (Å²) in [6.07, 6.45) is -0.786. The molecule has 1 amide bonds. The van der Waals surface area contributed by atoms with Crippen molar-refractivity contribution in [3.05, 3.63) is 58.1 Å². The van der Waals surface area contributed by atoms with Gasteiger partial charge in [-0.2, -0.15) is 0 Å². The number of nitrogens with one attached hydrogen (secondary N) is 1. The van der Waals surface area contributed by atoms with Gasteiger partial charge in [0.1, 0.15) is 11.9 Å². The molecule has 0 aromatic heterocycles. The number of amides is 1. The first-order valence-corrected chi connectivity index (χ1v) is 6.93. The highest BCUT2D eigenvalue weighted by atomic mass is 35.5. The topological polar surface area (TPSA) is 58.6 Å². The van der Waals surface area contributed by atoms with Crippen LogP contribution in [0.2, 0.25) is 5.02 Å². The van der Waals surface area contributed by atoms with E-state index < -0.39 is 6.10 Å². The number of aryl methyl sites for hydroxylation is 1. The summed E-state index contributed by atoms with van der Waals surface area (Å²) in [5.74, 6) is 0.412. The van der Waals surface area contributed by atoms with Gasteiger partial charge in [-0.15, -0.1) is 0 Å². The van der Waals surface area contributed by atoms with E-state index in [9.17, 15) is 9.90 Å². The molecular formula is C16H14ClNO3. The second-order valence-electron chi connectivity index (χ2n) is 5.00. The van der Waals surface area contributed by atoms with Crippen LogP contribution in [0.3, 0.4) is 0 Å². The summed E-state index contributed by atoms with van der Waals surface area (Å²) in [6, 6.07) is 10.6. The minimum Gasteiger partial charge on any atom is -0.482 e. The highest BCUT2D eigenvalue weighted by molar-refractivity contribution is 6.30. The minimum atomic E-state index is -0.786. The molecule has 0 radical (unpaired) electrons. The van der Waals surface area contributed by atoms with E-state index in [2.05, 4.69) is 5.32 Å². The van der Waals surface area contributed by atoms with Crippen LogP contribution in [-0.2, 0) is 4.79 Å². The molecule has 0 spiro atoms. The van der Waals surface area contributed by atoms with Gasteiger partial charge in [0.15, 0.2) is 6.61 Å². The van der Waals surface area contributed by atoms with Crippen molar-refractivity contribution in [3.63, 3.8) is 0 Å². The zero-order valence-electron chi connectivity index (χ0n) is 11.4. The van der Waals surface area contributed by atoms with E-state index in [-0.39, 0.29) is 12.5 Å². The van der Waals surface area contributed by atoms with Gasteiger partial charge < -0.3 is 15.2 Å². The van der Waals surface area contributed by atoms with Crippen LogP contribution in [0.4, 0.5) is 5.69 Å². The van der Waals surface area contributed by atoms with Crippen LogP contribution < -0.4 is 10.1 Å². The number of carbonyl (C=O) groups is 1. The molecule has 1 aliphatic rings. The van der Waals surface area contributed by atoms with Gasteiger partial charge in [0.25, 0.3) is 5.91 Å². The van der Waals surface area contributed by atoms with E-state index in [1.807, 2.05) is 13.0 Å². The van der Waals surface area contributed by atoms with Gasteiger partial charge in [0.2, 0.25) is 0 Å². The fourth-order valence-corrected chi connectivity index (χ4v) is 2.62. The maximum absolute atomic E-state index is 11.4. The van der Waals surface area contributed by atoms with Crippen molar-refractivity contribution < 1.29 is 14.6 Å². The molecule has 1 aliphatic heterocycles. The Morgan fingerprint density at radius 3 is 2.86 bits per heavy atom. The standard InChI is InChI=1S/C16H14ClNO3/c1-9-6-11(17)3-4-12(9)16(20)10-2-5-14-13(7-10)18-15(19)8-21-14/h2-7,16,20H,8H2,1H3,(H,18,19). The van der Waals surface area contributed by atoms with E-state index in [4.69, 9.17) is 16.3 Å². The zero-order valence-corrected chi connectivity index (χ0v) is 12.1. The average molecular weight is 304 g/mol. The number of aliphatic hydroxyl groups excluding tert-OH is 1. The van der Waals surface area contributed by atoms with E-state index in [0.29, 0.717) is 22.0 Å². The number of aliphatic hydroxyl groups is 1. The molecule has 0 aliphatic carbocycles. The lowest BCUT2D eigenvalue weighted by molar-refractivity contribution is -0.118. The number of hydrogen-bond donors (Lipinski definition) is 2. The van der Waals surface area contributed by atoms with Crippen LogP contribution >= 0.6 is 11.6 Å². The lowest BCUT2D eigenvalue weighted by Gasteiger charge is -2.20. The Morgan fingerprint density at radius 1 is 1.29 bits per heavy atom. The summed E-state index contributed by atoms with van der Waals surface area (Å²) in [6.45, 7) is 1.92. The molecule has 1 atom stereocenters. The van der Waals surface area contributed by atoms with E-state index in [0.717, 1.165) is 11.1 Å². The monoisotopic (exact) mass is 303 g/mol. The Kier molecular flexibility index (Phi) is 3.57. The van der Waals surface area contributed by atoms with Gasteiger partial charge in [-0.1, -0.05) is 23.7 Å². The quantitative estimate of drug-likeness (QED) is 0.896. The van der Waals surface area contributed by atoms with Gasteiger partial charge in [-0.25, -0.2) is 0 Å². The fraction of sp³-hybridized carbons (Fsp3) is 0.188. The van der Waals surface area contributed by atoms with Crippen molar-refractivity contribution in [1.82, 2.24) is 0 Å². The van der Waals surface area contributed by atoms with Crippen LogP contribution in [0.5, 0.6) is 5.75 Å². The van der Waals surface area contributed by atoms with Crippen LogP contribution in [-0.4, -0.2) is 17.6 Å². The smallest absolute Gasteiger partial charge is 0.262 e. The third-order valence-electron chi connectivity index (χ3n) is 3.48. The third-order valence-corrected chi connectivity index (χ3v) is 3.71. The lowest BCUT2D eigenvalue weighted by atomic mass is 9.97. The van der Waals surface area contributed by atoms with Crippen LogP contribution in [0, 0.1) is 6.92 Å². The molecule has 5 heteroatoms. The molecule has 2 aromatic rings. The van der Waals surface area contributed by atoms with Gasteiger partial charge in [-0.3, -0.25) is 4.79 Å². The maximum Gasteiger partial charge on any atom is 0.262 e. The first-order chi connectivity index (χ1) is 10.0. The first-order valence-electron chi connectivity index (χ1n) is 6.55. The normalized spacial score (nSPS) is 14.9. The molecule has 1 heterocycles. The summed E-state index contributed by atoms with van der Waals surface area (Å²) in [4.78, 5) is 11.4. The van der Waals surface area contributed by atoms with Crippen molar-refractivity contribution in [2.45, 2.75) is 13.0 Å². The van der Waals surface area contributed by atoms with E-state index in [1.54, 1.807) is 30.3 Å². The molecule has 21 heavy (non-hydrogen) atoms. The van der Waals surface area contributed by atoms with Gasteiger partial charge in [0.05, 0.1) is 5.69 Å². The van der Waals surface area contributed by atoms with Crippen molar-refractivity contribution in [2.75, 3.05) is 11.9 Å². The minimum absolute atomic E-state index is 0.0190. The fourth-order valence-electron chi connectivity index (χ4n) is 2.40. The van der Waals surface area contributed by atoms with Gasteiger partial charge >= 0.3 is 0 Å². The SMILES string of the molecule is Cc1cc(Cl)ccc1C(O)c1ccc2c(c1)NC(=O)CO2. The largest absolute Gasteiger partial charge is 0.482 e. The van der Waals surface area contributed by atoms with E-state index >= 15 is 0 Å². The molecule has 2 N–H and O–H groups in total. The molecule has 0 fully saturated rings. The number of anilines is 1. The highest BCUT2D eigenvalue weighted by Gasteiger charge is 2.19. The predicted molar refractivity (Wildman–Crippen MR) is 80.8 cm³/mol. The van der Waals surface area contributed by atoms with E-state index in [1.165, 1.54) is 0 Å². The van der Waals surface area contributed by atoms with Crippen molar-refractivity contribution in [1.29, 1.82) is 0 Å².